The van der Waals surface area contributed by atoms with Crippen molar-refractivity contribution in [3.8, 4) is 0 Å². The van der Waals surface area contributed by atoms with E-state index in [1.165, 1.54) is 0 Å². The summed E-state index contributed by atoms with van der Waals surface area (Å²) in [5, 5.41) is 0. The molecule has 4 nitrogen and oxygen atoms in total. The predicted molar refractivity (Wildman–Crippen MR) is 65.3 cm³/mol. The lowest BCUT2D eigenvalue weighted by molar-refractivity contribution is 0.427. The molecule has 0 aliphatic carbocycles. The molecule has 1 radical (unpaired) electrons. The summed E-state index contributed by atoms with van der Waals surface area (Å²) in [6.07, 6.45) is 2.07. The molecule has 0 unspecified atom stereocenters. The van der Waals surface area contributed by atoms with E-state index >= 15 is 0 Å². The van der Waals surface area contributed by atoms with Crippen LogP contribution in [0.3, 0.4) is 0 Å². The van der Waals surface area contributed by atoms with E-state index in [-0.39, 0.29) is 0 Å². The van der Waals surface area contributed by atoms with E-state index in [2.05, 4.69) is 0 Å². The Morgan fingerprint density at radius 1 is 0.800 bits per heavy atom. The van der Waals surface area contributed by atoms with Crippen LogP contribution < -0.4 is 0 Å². The van der Waals surface area contributed by atoms with Gasteiger partial charge >= 0.3 is 15.9 Å². The Balaban J connectivity index is 4.08. The molecule has 0 N–H and O–H groups in total. The van der Waals surface area contributed by atoms with E-state index in [1.807, 2.05) is 27.7 Å². The summed E-state index contributed by atoms with van der Waals surface area (Å²) in [7, 11) is -4.99. The van der Waals surface area contributed by atoms with Gasteiger partial charge in [0.15, 0.2) is 14.7 Å². The van der Waals surface area contributed by atoms with Crippen molar-refractivity contribution in [1.82, 2.24) is 0 Å². The standard InChI is InChI=1S/2C4H11O2P.Al/c2*1-3-7(5,6)4-2;/h2*3-4H2,1-2H3,(H,5,6);/q;;+2/p-2. The minimum absolute atomic E-state index is 0.516. The van der Waals surface area contributed by atoms with Crippen LogP contribution in [0.5, 0.6) is 0 Å². The van der Waals surface area contributed by atoms with Gasteiger partial charge in [-0.1, -0.05) is 27.7 Å². The van der Waals surface area contributed by atoms with E-state index in [1.54, 1.807) is 0 Å². The van der Waals surface area contributed by atoms with Gasteiger partial charge in [-0.2, -0.15) is 0 Å². The van der Waals surface area contributed by atoms with E-state index in [4.69, 9.17) is 7.15 Å². The zero-order valence-electron chi connectivity index (χ0n) is 9.93. The largest absolute Gasteiger partial charge is 0.679 e. The van der Waals surface area contributed by atoms with Crippen LogP contribution in [0, 0.1) is 0 Å². The first-order valence-corrected chi connectivity index (χ1v) is 10.2. The molecule has 0 atom stereocenters. The predicted octanol–water partition coefficient (Wildman–Crippen LogP) is 3.19. The van der Waals surface area contributed by atoms with Crippen LogP contribution in [-0.2, 0) is 16.3 Å². The maximum Gasteiger partial charge on any atom is 0.679 e. The molecule has 15 heavy (non-hydrogen) atoms. The summed E-state index contributed by atoms with van der Waals surface area (Å²) in [5.41, 5.74) is 0. The van der Waals surface area contributed by atoms with Crippen molar-refractivity contribution in [2.45, 2.75) is 27.7 Å². The third-order valence-corrected chi connectivity index (χ3v) is 10.0. The monoisotopic (exact) mass is 269 g/mol. The number of rotatable bonds is 8. The Labute approximate surface area is 99.4 Å². The van der Waals surface area contributed by atoms with Gasteiger partial charge in [0.25, 0.3) is 0 Å². The first kappa shape index (κ1) is 15.9. The van der Waals surface area contributed by atoms with E-state index < -0.39 is 30.6 Å². The second kappa shape index (κ2) is 7.28. The van der Waals surface area contributed by atoms with Crippen LogP contribution in [-0.4, -0.2) is 40.5 Å². The maximum atomic E-state index is 11.8. The van der Waals surface area contributed by atoms with Gasteiger partial charge in [-0.15, -0.1) is 0 Å². The van der Waals surface area contributed by atoms with Crippen LogP contribution >= 0.6 is 14.7 Å². The molecule has 0 amide bonds. The zero-order valence-corrected chi connectivity index (χ0v) is 12.9. The smallest absolute Gasteiger partial charge is 0.435 e. The number of hydrogen-bond acceptors (Lipinski definition) is 4. The van der Waals surface area contributed by atoms with Crippen molar-refractivity contribution >= 4 is 30.6 Å². The Bertz CT molecular complexity index is 227. The first-order valence-electron chi connectivity index (χ1n) is 5.30. The molecule has 0 spiro atoms. The zero-order chi connectivity index (χ0) is 11.9. The summed E-state index contributed by atoms with van der Waals surface area (Å²) < 4.78 is 34.2. The third kappa shape index (κ3) is 5.69. The molecule has 0 heterocycles. The van der Waals surface area contributed by atoms with E-state index in [0.29, 0.717) is 24.6 Å². The highest BCUT2D eigenvalue weighted by atomic mass is 31.2. The quantitative estimate of drug-likeness (QED) is 0.501. The van der Waals surface area contributed by atoms with Gasteiger partial charge in [0.05, 0.1) is 0 Å². The second-order valence-electron chi connectivity index (χ2n) is 3.20. The molecule has 0 aromatic heterocycles. The molecule has 0 saturated carbocycles. The minimum atomic E-state index is -2.50. The van der Waals surface area contributed by atoms with Crippen molar-refractivity contribution in [3.05, 3.63) is 0 Å². The summed E-state index contributed by atoms with van der Waals surface area (Å²) in [5.74, 6) is 0. The summed E-state index contributed by atoms with van der Waals surface area (Å²) >= 11 is -0.866. The van der Waals surface area contributed by atoms with Gasteiger partial charge in [-0.25, -0.2) is 0 Å². The van der Waals surface area contributed by atoms with Gasteiger partial charge in [0.2, 0.25) is 0 Å². The fourth-order valence-electron chi connectivity index (χ4n) is 0.921. The maximum absolute atomic E-state index is 11.8. The Morgan fingerprint density at radius 3 is 1.27 bits per heavy atom. The van der Waals surface area contributed by atoms with Gasteiger partial charge in [-0.05, 0) is 0 Å². The average molecular weight is 269 g/mol. The van der Waals surface area contributed by atoms with Crippen molar-refractivity contribution in [2.75, 3.05) is 24.6 Å². The molecule has 0 fully saturated rings. The highest BCUT2D eigenvalue weighted by Crippen LogP contribution is 2.49. The van der Waals surface area contributed by atoms with Crippen LogP contribution in [0.1, 0.15) is 27.7 Å². The molecule has 89 valence electrons. The van der Waals surface area contributed by atoms with E-state index in [0.717, 1.165) is 0 Å². The van der Waals surface area contributed by atoms with Crippen molar-refractivity contribution in [1.29, 1.82) is 0 Å². The Morgan fingerprint density at radius 2 is 1.07 bits per heavy atom. The topological polar surface area (TPSA) is 52.6 Å². The van der Waals surface area contributed by atoms with Crippen molar-refractivity contribution in [3.63, 3.8) is 0 Å². The molecule has 0 saturated heterocycles. The molecule has 0 aliphatic heterocycles. The average Bonchev–Trinajstić information content (AvgIpc) is 2.28. The van der Waals surface area contributed by atoms with Gasteiger partial charge in [-0.3, -0.25) is 9.13 Å². The highest BCUT2D eigenvalue weighted by Gasteiger charge is 2.24. The third-order valence-electron chi connectivity index (χ3n) is 2.40. The molecule has 0 aromatic carbocycles. The summed E-state index contributed by atoms with van der Waals surface area (Å²) in [4.78, 5) is 0. The lowest BCUT2D eigenvalue weighted by Gasteiger charge is -2.19. The van der Waals surface area contributed by atoms with Crippen molar-refractivity contribution < 1.29 is 16.3 Å². The van der Waals surface area contributed by atoms with Crippen LogP contribution in [0.25, 0.3) is 0 Å². The molecular formula is C8H20AlO4P2. The lowest BCUT2D eigenvalue weighted by atomic mass is 11.0. The Kier molecular flexibility index (Phi) is 7.72. The van der Waals surface area contributed by atoms with Crippen LogP contribution in [0.15, 0.2) is 0 Å². The highest BCUT2D eigenvalue weighted by molar-refractivity contribution is 7.61. The molecule has 0 aliphatic rings. The second-order valence-corrected chi connectivity index (χ2v) is 10.9. The molecular weight excluding hydrogens is 249 g/mol. The number of hydrogen-bond donors (Lipinski definition) is 0. The fourth-order valence-corrected chi connectivity index (χ4v) is 5.96. The molecule has 0 aromatic rings. The fraction of sp³-hybridized carbons (Fsp3) is 1.00. The van der Waals surface area contributed by atoms with E-state index in [9.17, 15) is 9.13 Å². The van der Waals surface area contributed by atoms with Crippen molar-refractivity contribution in [2.24, 2.45) is 0 Å². The molecule has 0 bridgehead atoms. The van der Waals surface area contributed by atoms with Gasteiger partial charge in [0.1, 0.15) is 0 Å². The van der Waals surface area contributed by atoms with Crippen LogP contribution in [0.4, 0.5) is 0 Å². The molecule has 0 rings (SSSR count). The SMILES string of the molecule is CCP(=O)(CC)[O][Al][O]P(=O)(CC)CC. The first-order chi connectivity index (χ1) is 6.95. The normalized spacial score (nSPS) is 12.8. The lowest BCUT2D eigenvalue weighted by Crippen LogP contribution is -2.06. The Hall–Kier alpha value is 0.912. The van der Waals surface area contributed by atoms with Gasteiger partial charge < -0.3 is 7.15 Å². The van der Waals surface area contributed by atoms with Gasteiger partial charge in [0, 0.05) is 24.6 Å². The minimum Gasteiger partial charge on any atom is -0.435 e. The summed E-state index contributed by atoms with van der Waals surface area (Å²) in [6, 6.07) is 0. The molecule has 7 heteroatoms. The van der Waals surface area contributed by atoms with Crippen LogP contribution in [0.2, 0.25) is 0 Å². The summed E-state index contributed by atoms with van der Waals surface area (Å²) in [6.45, 7) is 7.35.